The number of Topliss-reactive ketones (excluding diaryl/α,β-unsaturated/α-hetero) is 1. The average molecular weight is 239 g/mol. The van der Waals surface area contributed by atoms with Gasteiger partial charge < -0.3 is 4.42 Å². The molecule has 0 amide bonds. The molecule has 18 heavy (non-hydrogen) atoms. The van der Waals surface area contributed by atoms with Gasteiger partial charge in [-0.25, -0.2) is 0 Å². The standard InChI is InChI=1S/C15H13NO2/c1-9-3-4-11(18-9)7-13-10(2)14-8-16-6-5-12(14)15(13)17/h3-8,10H,1-2H3/t10-/m0/s1. The molecule has 0 spiro atoms. The van der Waals surface area contributed by atoms with Crippen molar-refractivity contribution < 1.29 is 9.21 Å². The van der Waals surface area contributed by atoms with Gasteiger partial charge in [0, 0.05) is 29.4 Å². The van der Waals surface area contributed by atoms with Crippen LogP contribution in [0.3, 0.4) is 0 Å². The number of carbonyl (C=O) groups excluding carboxylic acids is 1. The van der Waals surface area contributed by atoms with Crippen LogP contribution in [0.2, 0.25) is 0 Å². The molecule has 1 aliphatic carbocycles. The summed E-state index contributed by atoms with van der Waals surface area (Å²) in [5, 5.41) is 0. The Morgan fingerprint density at radius 3 is 2.83 bits per heavy atom. The van der Waals surface area contributed by atoms with Crippen molar-refractivity contribution in [3.63, 3.8) is 0 Å². The van der Waals surface area contributed by atoms with Gasteiger partial charge in [0.1, 0.15) is 11.5 Å². The zero-order valence-electron chi connectivity index (χ0n) is 10.3. The van der Waals surface area contributed by atoms with Crippen LogP contribution in [0, 0.1) is 6.92 Å². The minimum absolute atomic E-state index is 0.0756. The Labute approximate surface area is 105 Å². The van der Waals surface area contributed by atoms with Crippen molar-refractivity contribution in [1.29, 1.82) is 0 Å². The smallest absolute Gasteiger partial charge is 0.190 e. The van der Waals surface area contributed by atoms with E-state index in [0.29, 0.717) is 0 Å². The van der Waals surface area contributed by atoms with Crippen molar-refractivity contribution in [3.8, 4) is 0 Å². The molecule has 0 radical (unpaired) electrons. The molecule has 2 aromatic heterocycles. The fourth-order valence-electron chi connectivity index (χ4n) is 2.35. The van der Waals surface area contributed by atoms with Crippen LogP contribution in [0.15, 0.2) is 40.6 Å². The summed E-state index contributed by atoms with van der Waals surface area (Å²) in [6.45, 7) is 3.91. The Kier molecular flexibility index (Phi) is 2.40. The third kappa shape index (κ3) is 1.59. The first-order chi connectivity index (χ1) is 8.66. The van der Waals surface area contributed by atoms with Crippen LogP contribution in [0.4, 0.5) is 0 Å². The van der Waals surface area contributed by atoms with Crippen molar-refractivity contribution in [3.05, 3.63) is 58.8 Å². The first-order valence-electron chi connectivity index (χ1n) is 5.93. The highest BCUT2D eigenvalue weighted by atomic mass is 16.3. The van der Waals surface area contributed by atoms with Crippen LogP contribution in [-0.4, -0.2) is 10.8 Å². The predicted octanol–water partition coefficient (Wildman–Crippen LogP) is 3.37. The van der Waals surface area contributed by atoms with E-state index in [9.17, 15) is 4.79 Å². The summed E-state index contributed by atoms with van der Waals surface area (Å²) in [5.41, 5.74) is 2.52. The van der Waals surface area contributed by atoms with E-state index >= 15 is 0 Å². The van der Waals surface area contributed by atoms with Crippen molar-refractivity contribution in [2.24, 2.45) is 0 Å². The average Bonchev–Trinajstić information content (AvgIpc) is 2.88. The number of fused-ring (bicyclic) bond motifs is 1. The molecule has 1 atom stereocenters. The minimum Gasteiger partial charge on any atom is -0.462 e. The number of nitrogens with zero attached hydrogens (tertiary/aromatic N) is 1. The van der Waals surface area contributed by atoms with Crippen molar-refractivity contribution in [1.82, 2.24) is 4.98 Å². The summed E-state index contributed by atoms with van der Waals surface area (Å²) < 4.78 is 5.50. The van der Waals surface area contributed by atoms with E-state index in [1.165, 1.54) is 0 Å². The summed E-state index contributed by atoms with van der Waals surface area (Å²) in [6.07, 6.45) is 5.26. The summed E-state index contributed by atoms with van der Waals surface area (Å²) >= 11 is 0. The third-order valence-corrected chi connectivity index (χ3v) is 3.35. The van der Waals surface area contributed by atoms with Gasteiger partial charge in [-0.1, -0.05) is 6.92 Å². The molecule has 3 nitrogen and oxygen atoms in total. The maximum Gasteiger partial charge on any atom is 0.190 e. The lowest BCUT2D eigenvalue weighted by Crippen LogP contribution is -1.96. The molecule has 0 aliphatic heterocycles. The number of allylic oxidation sites excluding steroid dienone is 1. The van der Waals surface area contributed by atoms with Gasteiger partial charge in [-0.2, -0.15) is 0 Å². The third-order valence-electron chi connectivity index (χ3n) is 3.35. The highest BCUT2D eigenvalue weighted by Gasteiger charge is 2.31. The second-order valence-electron chi connectivity index (χ2n) is 4.56. The Hall–Kier alpha value is -2.16. The van der Waals surface area contributed by atoms with Gasteiger partial charge in [0.25, 0.3) is 0 Å². The Balaban J connectivity index is 2.06. The maximum atomic E-state index is 12.3. The molecule has 3 rings (SSSR count). The maximum absolute atomic E-state index is 12.3. The lowest BCUT2D eigenvalue weighted by molar-refractivity contribution is 0.103. The van der Waals surface area contributed by atoms with E-state index < -0.39 is 0 Å². The number of hydrogen-bond donors (Lipinski definition) is 0. The lowest BCUT2D eigenvalue weighted by atomic mass is 10.0. The number of aromatic nitrogens is 1. The van der Waals surface area contributed by atoms with Crippen molar-refractivity contribution >= 4 is 11.9 Å². The first-order valence-corrected chi connectivity index (χ1v) is 5.93. The topological polar surface area (TPSA) is 43.1 Å². The molecule has 2 heterocycles. The summed E-state index contributed by atoms with van der Waals surface area (Å²) in [7, 11) is 0. The molecule has 0 N–H and O–H groups in total. The zero-order chi connectivity index (χ0) is 12.7. The quantitative estimate of drug-likeness (QED) is 0.716. The van der Waals surface area contributed by atoms with Crippen molar-refractivity contribution in [2.45, 2.75) is 19.8 Å². The zero-order valence-corrected chi connectivity index (χ0v) is 10.3. The molecule has 0 saturated carbocycles. The van der Waals surface area contributed by atoms with E-state index in [2.05, 4.69) is 4.98 Å². The molecule has 0 saturated heterocycles. The number of carbonyl (C=O) groups is 1. The second kappa shape index (κ2) is 3.95. The van der Waals surface area contributed by atoms with E-state index in [1.54, 1.807) is 18.5 Å². The van der Waals surface area contributed by atoms with E-state index in [-0.39, 0.29) is 11.7 Å². The molecule has 3 heteroatoms. The Bertz CT molecular complexity index is 652. The van der Waals surface area contributed by atoms with Crippen LogP contribution < -0.4 is 0 Å². The fourth-order valence-corrected chi connectivity index (χ4v) is 2.35. The lowest BCUT2D eigenvalue weighted by Gasteiger charge is -2.03. The molecule has 0 fully saturated rings. The fraction of sp³-hybridized carbons (Fsp3) is 0.200. The van der Waals surface area contributed by atoms with Crippen LogP contribution in [0.5, 0.6) is 0 Å². The van der Waals surface area contributed by atoms with Crippen LogP contribution in [0.1, 0.15) is 40.3 Å². The van der Waals surface area contributed by atoms with Crippen LogP contribution >= 0.6 is 0 Å². The monoisotopic (exact) mass is 239 g/mol. The van der Waals surface area contributed by atoms with Gasteiger partial charge >= 0.3 is 0 Å². The number of pyridine rings is 1. The molecular formula is C15H13NO2. The predicted molar refractivity (Wildman–Crippen MR) is 68.4 cm³/mol. The van der Waals surface area contributed by atoms with Gasteiger partial charge in [-0.15, -0.1) is 0 Å². The highest BCUT2D eigenvalue weighted by Crippen LogP contribution is 2.37. The van der Waals surface area contributed by atoms with Gasteiger partial charge in [0.15, 0.2) is 5.78 Å². The van der Waals surface area contributed by atoms with E-state index in [0.717, 1.165) is 28.2 Å². The molecule has 0 bridgehead atoms. The SMILES string of the molecule is Cc1ccc(C=C2C(=O)c3ccncc3[C@H]2C)o1. The molecule has 90 valence electrons. The Morgan fingerprint density at radius 2 is 2.17 bits per heavy atom. The van der Waals surface area contributed by atoms with E-state index in [4.69, 9.17) is 4.42 Å². The molecule has 1 aliphatic rings. The second-order valence-corrected chi connectivity index (χ2v) is 4.56. The molecule has 0 unspecified atom stereocenters. The summed E-state index contributed by atoms with van der Waals surface area (Å²) in [5.74, 6) is 1.73. The molecule has 2 aromatic rings. The number of aryl methyl sites for hydroxylation is 1. The van der Waals surface area contributed by atoms with E-state index in [1.807, 2.05) is 32.1 Å². The van der Waals surface area contributed by atoms with Crippen LogP contribution in [-0.2, 0) is 0 Å². The van der Waals surface area contributed by atoms with Crippen LogP contribution in [0.25, 0.3) is 6.08 Å². The van der Waals surface area contributed by atoms with Crippen molar-refractivity contribution in [2.75, 3.05) is 0 Å². The Morgan fingerprint density at radius 1 is 1.33 bits per heavy atom. The number of furan rings is 1. The number of rotatable bonds is 1. The molecule has 0 aromatic carbocycles. The van der Waals surface area contributed by atoms with Gasteiger partial charge in [0.2, 0.25) is 0 Å². The van der Waals surface area contributed by atoms with Gasteiger partial charge in [-0.3, -0.25) is 9.78 Å². The summed E-state index contributed by atoms with van der Waals surface area (Å²) in [6, 6.07) is 5.55. The number of hydrogen-bond acceptors (Lipinski definition) is 3. The summed E-state index contributed by atoms with van der Waals surface area (Å²) in [4.78, 5) is 16.4. The molecular weight excluding hydrogens is 226 g/mol. The van der Waals surface area contributed by atoms with Gasteiger partial charge in [-0.05, 0) is 36.8 Å². The normalized spacial score (nSPS) is 20.4. The minimum atomic E-state index is 0.0756. The first kappa shape index (κ1) is 11.0. The number of ketones is 1. The van der Waals surface area contributed by atoms with Gasteiger partial charge in [0.05, 0.1) is 0 Å². The largest absolute Gasteiger partial charge is 0.462 e. The highest BCUT2D eigenvalue weighted by molar-refractivity contribution is 6.16.